The maximum Gasteiger partial charge on any atom is 0.337 e. The van der Waals surface area contributed by atoms with Crippen LogP contribution in [0, 0.1) is 0 Å². The molecule has 0 bridgehead atoms. The number of allylic oxidation sites excluding steroid dienone is 1. The summed E-state index contributed by atoms with van der Waals surface area (Å²) in [6.07, 6.45) is 1.67. The van der Waals surface area contributed by atoms with Gasteiger partial charge in [0.15, 0.2) is 11.0 Å². The van der Waals surface area contributed by atoms with Crippen LogP contribution in [0.15, 0.2) is 60.3 Å². The predicted molar refractivity (Wildman–Crippen MR) is 140 cm³/mol. The molecule has 2 N–H and O–H groups in total. The number of thioether (sulfide) groups is 1. The summed E-state index contributed by atoms with van der Waals surface area (Å²) in [6.45, 7) is 5.91. The highest BCUT2D eigenvalue weighted by Crippen LogP contribution is 2.24. The largest absolute Gasteiger partial charge is 0.465 e. The summed E-state index contributed by atoms with van der Waals surface area (Å²) in [7, 11) is 1.30. The van der Waals surface area contributed by atoms with Crippen molar-refractivity contribution in [3.05, 3.63) is 82.1 Å². The van der Waals surface area contributed by atoms with Crippen molar-refractivity contribution < 1.29 is 19.1 Å². The van der Waals surface area contributed by atoms with E-state index in [1.165, 1.54) is 24.9 Å². The molecule has 0 aliphatic heterocycles. The number of methoxy groups -OCH3 is 1. The van der Waals surface area contributed by atoms with Gasteiger partial charge >= 0.3 is 5.97 Å². The van der Waals surface area contributed by atoms with Crippen LogP contribution in [0.3, 0.4) is 0 Å². The number of rotatable bonds is 10. The molecule has 0 spiro atoms. The van der Waals surface area contributed by atoms with Crippen LogP contribution in [0.1, 0.15) is 39.5 Å². The summed E-state index contributed by atoms with van der Waals surface area (Å²) in [4.78, 5) is 36.7. The number of carbonyl (C=O) groups is 3. The second-order valence-electron chi connectivity index (χ2n) is 7.47. The molecule has 9 nitrogen and oxygen atoms in total. The fourth-order valence-corrected chi connectivity index (χ4v) is 4.42. The van der Waals surface area contributed by atoms with Crippen molar-refractivity contribution >= 4 is 58.4 Å². The zero-order valence-electron chi connectivity index (χ0n) is 19.5. The Hall–Kier alpha value is -3.34. The van der Waals surface area contributed by atoms with Gasteiger partial charge in [0, 0.05) is 17.3 Å². The maximum absolute atomic E-state index is 12.7. The normalized spacial score (nSPS) is 11.4. The Morgan fingerprint density at radius 3 is 2.53 bits per heavy atom. The zero-order chi connectivity index (χ0) is 26.2. The van der Waals surface area contributed by atoms with Crippen molar-refractivity contribution in [3.8, 4) is 0 Å². The first kappa shape index (κ1) is 27.3. The van der Waals surface area contributed by atoms with Gasteiger partial charge in [-0.2, -0.15) is 0 Å². The third-order valence-electron chi connectivity index (χ3n) is 4.89. The lowest BCUT2D eigenvalue weighted by atomic mass is 10.2. The van der Waals surface area contributed by atoms with Gasteiger partial charge in [-0.3, -0.25) is 9.59 Å². The summed E-state index contributed by atoms with van der Waals surface area (Å²) in [5, 5.41) is 15.2. The van der Waals surface area contributed by atoms with E-state index in [4.69, 9.17) is 23.2 Å². The minimum absolute atomic E-state index is 0.0646. The number of nitrogens with zero attached hydrogens (tertiary/aromatic N) is 3. The molecule has 0 saturated carbocycles. The van der Waals surface area contributed by atoms with E-state index >= 15 is 0 Å². The third kappa shape index (κ3) is 6.87. The average Bonchev–Trinajstić information content (AvgIpc) is 3.25. The van der Waals surface area contributed by atoms with Crippen molar-refractivity contribution in [2.75, 3.05) is 18.2 Å². The second kappa shape index (κ2) is 12.6. The number of hydrogen-bond donors (Lipinski definition) is 2. The highest BCUT2D eigenvalue weighted by Gasteiger charge is 2.21. The number of anilines is 1. The Morgan fingerprint density at radius 1 is 1.17 bits per heavy atom. The summed E-state index contributed by atoms with van der Waals surface area (Å²) in [5.41, 5.74) is 1.21. The van der Waals surface area contributed by atoms with Gasteiger partial charge in [0.25, 0.3) is 5.91 Å². The summed E-state index contributed by atoms with van der Waals surface area (Å²) < 4.78 is 6.43. The first-order valence-electron chi connectivity index (χ1n) is 10.6. The van der Waals surface area contributed by atoms with Gasteiger partial charge in [-0.15, -0.1) is 16.8 Å². The molecule has 1 heterocycles. The van der Waals surface area contributed by atoms with Crippen LogP contribution in [0.2, 0.25) is 10.0 Å². The Bertz CT molecular complexity index is 1280. The molecular formula is C24H23Cl2N5O4S. The number of nitrogens with one attached hydrogen (secondary N) is 2. The summed E-state index contributed by atoms with van der Waals surface area (Å²) in [6, 6.07) is 10.5. The minimum atomic E-state index is -0.506. The van der Waals surface area contributed by atoms with E-state index < -0.39 is 12.0 Å². The Kier molecular flexibility index (Phi) is 9.51. The van der Waals surface area contributed by atoms with E-state index in [0.29, 0.717) is 33.8 Å². The van der Waals surface area contributed by atoms with Crippen molar-refractivity contribution in [2.24, 2.45) is 0 Å². The van der Waals surface area contributed by atoms with Crippen LogP contribution in [-0.4, -0.2) is 45.4 Å². The van der Waals surface area contributed by atoms with E-state index in [-0.39, 0.29) is 28.2 Å². The molecule has 3 aromatic rings. The van der Waals surface area contributed by atoms with Crippen molar-refractivity contribution in [1.29, 1.82) is 0 Å². The molecule has 0 unspecified atom stereocenters. The van der Waals surface area contributed by atoms with Crippen LogP contribution >= 0.6 is 35.0 Å². The SMILES string of the molecule is C=CCn1c(SCC(=O)Nc2ccc(C(=O)OC)cc2)nnc1[C@H](C)NC(=O)c1ccc(Cl)cc1Cl. The topological polar surface area (TPSA) is 115 Å². The van der Waals surface area contributed by atoms with Crippen LogP contribution in [0.4, 0.5) is 5.69 Å². The number of halogens is 2. The molecule has 0 aliphatic carbocycles. The first-order chi connectivity index (χ1) is 17.2. The van der Waals surface area contributed by atoms with Crippen molar-refractivity contribution in [3.63, 3.8) is 0 Å². The highest BCUT2D eigenvalue weighted by molar-refractivity contribution is 7.99. The van der Waals surface area contributed by atoms with Gasteiger partial charge < -0.3 is 19.9 Å². The Balaban J connectivity index is 1.64. The molecule has 36 heavy (non-hydrogen) atoms. The number of hydrogen-bond acceptors (Lipinski definition) is 7. The van der Waals surface area contributed by atoms with Gasteiger partial charge in [-0.25, -0.2) is 4.79 Å². The maximum atomic E-state index is 12.7. The number of ether oxygens (including phenoxy) is 1. The lowest BCUT2D eigenvalue weighted by Crippen LogP contribution is -2.29. The quantitative estimate of drug-likeness (QED) is 0.213. The van der Waals surface area contributed by atoms with E-state index in [2.05, 4.69) is 32.1 Å². The van der Waals surface area contributed by atoms with Crippen LogP contribution in [0.5, 0.6) is 0 Å². The lowest BCUT2D eigenvalue weighted by molar-refractivity contribution is -0.113. The molecule has 1 aromatic heterocycles. The fraction of sp³-hybridized carbons (Fsp3) is 0.208. The van der Waals surface area contributed by atoms with Crippen LogP contribution < -0.4 is 10.6 Å². The molecule has 0 aliphatic rings. The Labute approximate surface area is 222 Å². The molecule has 188 valence electrons. The summed E-state index contributed by atoms with van der Waals surface area (Å²) in [5.74, 6) is -0.546. The van der Waals surface area contributed by atoms with Crippen LogP contribution in [0.25, 0.3) is 0 Å². The van der Waals surface area contributed by atoms with Crippen LogP contribution in [-0.2, 0) is 16.1 Å². The van der Waals surface area contributed by atoms with Gasteiger partial charge in [0.2, 0.25) is 5.91 Å². The molecule has 0 fully saturated rings. The molecular weight excluding hydrogens is 525 g/mol. The monoisotopic (exact) mass is 547 g/mol. The molecule has 1 atom stereocenters. The van der Waals surface area contributed by atoms with Crippen molar-refractivity contribution in [2.45, 2.75) is 24.7 Å². The number of benzene rings is 2. The number of aromatic nitrogens is 3. The van der Waals surface area contributed by atoms with E-state index in [9.17, 15) is 14.4 Å². The van der Waals surface area contributed by atoms with Gasteiger partial charge in [-0.05, 0) is 49.4 Å². The van der Waals surface area contributed by atoms with E-state index in [0.717, 1.165) is 0 Å². The first-order valence-corrected chi connectivity index (χ1v) is 12.4. The van der Waals surface area contributed by atoms with Gasteiger partial charge in [0.1, 0.15) is 0 Å². The standard InChI is InChI=1S/C24H23Cl2N5O4S/c1-4-11-31-21(14(2)27-22(33)18-10-7-16(25)12-19(18)26)29-30-24(31)36-13-20(32)28-17-8-5-15(6-9-17)23(34)35-3/h4-10,12,14H,1,11,13H2,2-3H3,(H,27,33)(H,28,32)/t14-/m0/s1. The van der Waals surface area contributed by atoms with E-state index in [1.807, 2.05) is 0 Å². The average molecular weight is 548 g/mol. The van der Waals surface area contributed by atoms with Crippen molar-refractivity contribution in [1.82, 2.24) is 20.1 Å². The Morgan fingerprint density at radius 2 is 1.89 bits per heavy atom. The van der Waals surface area contributed by atoms with Gasteiger partial charge in [-0.1, -0.05) is 41.0 Å². The van der Waals surface area contributed by atoms with E-state index in [1.54, 1.807) is 54.0 Å². The predicted octanol–water partition coefficient (Wildman–Crippen LogP) is 4.78. The molecule has 2 aromatic carbocycles. The van der Waals surface area contributed by atoms with Gasteiger partial charge in [0.05, 0.1) is 35.1 Å². The number of carbonyl (C=O) groups excluding carboxylic acids is 3. The summed E-state index contributed by atoms with van der Waals surface area (Å²) >= 11 is 13.2. The molecule has 3 rings (SSSR count). The zero-order valence-corrected chi connectivity index (χ0v) is 21.8. The third-order valence-corrected chi connectivity index (χ3v) is 6.40. The fourth-order valence-electron chi connectivity index (χ4n) is 3.18. The molecule has 0 radical (unpaired) electrons. The molecule has 12 heteroatoms. The molecule has 0 saturated heterocycles. The minimum Gasteiger partial charge on any atom is -0.465 e. The lowest BCUT2D eigenvalue weighted by Gasteiger charge is -2.16. The molecule has 2 amide bonds. The number of esters is 1. The smallest absolute Gasteiger partial charge is 0.337 e. The second-order valence-corrected chi connectivity index (χ2v) is 9.25. The number of amides is 2. The highest BCUT2D eigenvalue weighted by atomic mass is 35.5.